The minimum Gasteiger partial charge on any atom is -0.381 e. The zero-order valence-electron chi connectivity index (χ0n) is 10.4. The quantitative estimate of drug-likeness (QED) is 0.855. The Labute approximate surface area is 97.0 Å². The van der Waals surface area contributed by atoms with E-state index in [0.29, 0.717) is 12.1 Å². The predicted molar refractivity (Wildman–Crippen MR) is 64.8 cm³/mol. The number of hydrogen-bond donors (Lipinski definition) is 1. The molecule has 2 heterocycles. The predicted octanol–water partition coefficient (Wildman–Crippen LogP) is 2.36. The Hall–Kier alpha value is -1.03. The van der Waals surface area contributed by atoms with Crippen molar-refractivity contribution in [3.8, 4) is 0 Å². The molecule has 2 rings (SSSR count). The lowest BCUT2D eigenvalue weighted by molar-refractivity contribution is 0.0700. The molecule has 0 amide bonds. The van der Waals surface area contributed by atoms with E-state index in [1.54, 1.807) is 0 Å². The summed E-state index contributed by atoms with van der Waals surface area (Å²) >= 11 is 0. The molecule has 90 valence electrons. The van der Waals surface area contributed by atoms with E-state index in [4.69, 9.17) is 4.74 Å². The van der Waals surface area contributed by atoms with Crippen molar-refractivity contribution in [2.45, 2.75) is 45.7 Å². The van der Waals surface area contributed by atoms with Gasteiger partial charge in [-0.25, -0.2) is 4.98 Å². The highest BCUT2D eigenvalue weighted by Gasteiger charge is 2.19. The smallest absolute Gasteiger partial charge is 0.203 e. The van der Waals surface area contributed by atoms with Crippen LogP contribution >= 0.6 is 0 Å². The first kappa shape index (κ1) is 11.5. The molecule has 0 spiro atoms. The van der Waals surface area contributed by atoms with Crippen LogP contribution < -0.4 is 5.32 Å². The molecule has 0 aromatic carbocycles. The molecular formula is C12H21N3O. The van der Waals surface area contributed by atoms with Gasteiger partial charge in [0.1, 0.15) is 0 Å². The van der Waals surface area contributed by atoms with Crippen LogP contribution in [-0.2, 0) is 4.74 Å². The Balaban J connectivity index is 2.17. The summed E-state index contributed by atoms with van der Waals surface area (Å²) in [7, 11) is 0. The van der Waals surface area contributed by atoms with Crippen molar-refractivity contribution in [3.63, 3.8) is 0 Å². The van der Waals surface area contributed by atoms with Crippen molar-refractivity contribution >= 4 is 5.95 Å². The van der Waals surface area contributed by atoms with Gasteiger partial charge in [-0.05, 0) is 33.6 Å². The monoisotopic (exact) mass is 223 g/mol. The highest BCUT2D eigenvalue weighted by molar-refractivity contribution is 5.30. The molecule has 0 aliphatic carbocycles. The van der Waals surface area contributed by atoms with Crippen LogP contribution in [-0.4, -0.2) is 28.8 Å². The minimum atomic E-state index is 0.417. The van der Waals surface area contributed by atoms with Crippen molar-refractivity contribution in [1.82, 2.24) is 9.55 Å². The summed E-state index contributed by atoms with van der Waals surface area (Å²) in [5.41, 5.74) is 1.08. The van der Waals surface area contributed by atoms with Crippen LogP contribution in [0, 0.1) is 6.92 Å². The SMILES string of the molecule is Cc1cn(C2CCOCC2)c(NC(C)C)n1. The molecule has 0 atom stereocenters. The minimum absolute atomic E-state index is 0.417. The summed E-state index contributed by atoms with van der Waals surface area (Å²) in [5, 5.41) is 3.40. The zero-order valence-corrected chi connectivity index (χ0v) is 10.4. The van der Waals surface area contributed by atoms with E-state index >= 15 is 0 Å². The maximum absolute atomic E-state index is 5.39. The van der Waals surface area contributed by atoms with Gasteiger partial charge in [0.2, 0.25) is 5.95 Å². The standard InChI is InChI=1S/C12H21N3O/c1-9(2)13-12-14-10(3)8-15(12)11-4-6-16-7-5-11/h8-9,11H,4-7H2,1-3H3,(H,13,14). The van der Waals surface area contributed by atoms with E-state index in [-0.39, 0.29) is 0 Å². The fourth-order valence-corrected chi connectivity index (χ4v) is 2.12. The molecule has 16 heavy (non-hydrogen) atoms. The third-order valence-electron chi connectivity index (χ3n) is 2.85. The highest BCUT2D eigenvalue weighted by atomic mass is 16.5. The van der Waals surface area contributed by atoms with E-state index < -0.39 is 0 Å². The molecule has 4 heteroatoms. The molecule has 1 aromatic heterocycles. The van der Waals surface area contributed by atoms with Crippen LogP contribution in [0.25, 0.3) is 0 Å². The van der Waals surface area contributed by atoms with E-state index in [1.165, 1.54) is 0 Å². The van der Waals surface area contributed by atoms with Crippen LogP contribution in [0.4, 0.5) is 5.95 Å². The Morgan fingerprint density at radius 2 is 2.12 bits per heavy atom. The summed E-state index contributed by atoms with van der Waals surface area (Å²) < 4.78 is 7.67. The van der Waals surface area contributed by atoms with Gasteiger partial charge in [-0.2, -0.15) is 0 Å². The van der Waals surface area contributed by atoms with Crippen molar-refractivity contribution in [2.75, 3.05) is 18.5 Å². The Morgan fingerprint density at radius 1 is 1.44 bits per heavy atom. The number of hydrogen-bond acceptors (Lipinski definition) is 3. The Kier molecular flexibility index (Phi) is 3.49. The van der Waals surface area contributed by atoms with Crippen LogP contribution in [0.1, 0.15) is 38.4 Å². The summed E-state index contributed by atoms with van der Waals surface area (Å²) in [6.07, 6.45) is 4.31. The van der Waals surface area contributed by atoms with Gasteiger partial charge in [0.25, 0.3) is 0 Å². The van der Waals surface area contributed by atoms with Crippen LogP contribution in [0.2, 0.25) is 0 Å². The average molecular weight is 223 g/mol. The van der Waals surface area contributed by atoms with Gasteiger partial charge in [0.15, 0.2) is 0 Å². The second-order valence-corrected chi connectivity index (χ2v) is 4.76. The molecule has 1 fully saturated rings. The maximum atomic E-state index is 5.39. The first-order chi connectivity index (χ1) is 7.66. The lowest BCUT2D eigenvalue weighted by Gasteiger charge is -2.25. The molecule has 4 nitrogen and oxygen atoms in total. The number of imidazole rings is 1. The van der Waals surface area contributed by atoms with Crippen LogP contribution in [0.15, 0.2) is 6.20 Å². The van der Waals surface area contributed by atoms with Crippen molar-refractivity contribution in [3.05, 3.63) is 11.9 Å². The number of nitrogens with one attached hydrogen (secondary N) is 1. The fourth-order valence-electron chi connectivity index (χ4n) is 2.12. The molecule has 0 unspecified atom stereocenters. The summed E-state index contributed by atoms with van der Waals surface area (Å²) in [5.74, 6) is 0.999. The Bertz CT molecular complexity index is 340. The lowest BCUT2D eigenvalue weighted by atomic mass is 10.1. The Morgan fingerprint density at radius 3 is 2.75 bits per heavy atom. The van der Waals surface area contributed by atoms with Crippen molar-refractivity contribution < 1.29 is 4.74 Å². The molecule has 1 aliphatic rings. The topological polar surface area (TPSA) is 39.1 Å². The summed E-state index contributed by atoms with van der Waals surface area (Å²) in [4.78, 5) is 4.54. The summed E-state index contributed by atoms with van der Waals surface area (Å²) in [6.45, 7) is 8.05. The molecule has 1 saturated heterocycles. The number of nitrogens with zero attached hydrogens (tertiary/aromatic N) is 2. The third-order valence-corrected chi connectivity index (χ3v) is 2.85. The first-order valence-electron chi connectivity index (χ1n) is 6.06. The number of aryl methyl sites for hydroxylation is 1. The van der Waals surface area contributed by atoms with Gasteiger partial charge in [-0.15, -0.1) is 0 Å². The lowest BCUT2D eigenvalue weighted by Crippen LogP contribution is -2.22. The molecule has 0 radical (unpaired) electrons. The molecule has 0 saturated carbocycles. The number of anilines is 1. The van der Waals surface area contributed by atoms with Crippen molar-refractivity contribution in [1.29, 1.82) is 0 Å². The van der Waals surface area contributed by atoms with E-state index in [9.17, 15) is 0 Å². The van der Waals surface area contributed by atoms with Gasteiger partial charge < -0.3 is 14.6 Å². The molecular weight excluding hydrogens is 202 g/mol. The van der Waals surface area contributed by atoms with Gasteiger partial charge in [-0.1, -0.05) is 0 Å². The fraction of sp³-hybridized carbons (Fsp3) is 0.750. The molecule has 0 bridgehead atoms. The first-order valence-corrected chi connectivity index (χ1v) is 6.06. The molecule has 1 N–H and O–H groups in total. The number of rotatable bonds is 3. The van der Waals surface area contributed by atoms with Crippen LogP contribution in [0.3, 0.4) is 0 Å². The van der Waals surface area contributed by atoms with Gasteiger partial charge >= 0.3 is 0 Å². The van der Waals surface area contributed by atoms with Gasteiger partial charge in [0.05, 0.1) is 5.69 Å². The van der Waals surface area contributed by atoms with Crippen LogP contribution in [0.5, 0.6) is 0 Å². The second-order valence-electron chi connectivity index (χ2n) is 4.76. The summed E-state index contributed by atoms with van der Waals surface area (Å²) in [6, 6.07) is 0.955. The zero-order chi connectivity index (χ0) is 11.5. The number of aromatic nitrogens is 2. The number of ether oxygens (including phenoxy) is 1. The van der Waals surface area contributed by atoms with E-state index in [1.807, 2.05) is 6.92 Å². The highest BCUT2D eigenvalue weighted by Crippen LogP contribution is 2.25. The molecule has 1 aromatic rings. The normalized spacial score (nSPS) is 18.0. The largest absolute Gasteiger partial charge is 0.381 e. The van der Waals surface area contributed by atoms with Gasteiger partial charge in [0, 0.05) is 31.5 Å². The van der Waals surface area contributed by atoms with Crippen molar-refractivity contribution in [2.24, 2.45) is 0 Å². The molecule has 1 aliphatic heterocycles. The third kappa shape index (κ3) is 2.55. The van der Waals surface area contributed by atoms with Gasteiger partial charge in [-0.3, -0.25) is 0 Å². The maximum Gasteiger partial charge on any atom is 0.203 e. The van der Waals surface area contributed by atoms with E-state index in [2.05, 4.69) is 34.9 Å². The second kappa shape index (κ2) is 4.87. The van der Waals surface area contributed by atoms with E-state index in [0.717, 1.165) is 37.7 Å². The average Bonchev–Trinajstić information content (AvgIpc) is 2.60.